The highest BCUT2D eigenvalue weighted by Gasteiger charge is 2.31. The minimum atomic E-state index is -4.44. The number of nitrogens with two attached hydrogens (primary N) is 1. The summed E-state index contributed by atoms with van der Waals surface area (Å²) in [6.45, 7) is 0. The van der Waals surface area contributed by atoms with E-state index in [2.05, 4.69) is 5.43 Å². The number of nitrogen functional groups attached to an aromatic ring is 1. The van der Waals surface area contributed by atoms with Gasteiger partial charge in [-0.15, -0.1) is 0 Å². The molecule has 0 aliphatic heterocycles. The number of hydrogen-bond donors (Lipinski definition) is 2. The van der Waals surface area contributed by atoms with Gasteiger partial charge in [0.1, 0.15) is 11.5 Å². The Balaban J connectivity index is 2.25. The fraction of sp³-hybridized carbons (Fsp3) is 0.0769. The van der Waals surface area contributed by atoms with E-state index < -0.39 is 11.7 Å². The Bertz CT molecular complexity index is 617. The molecular formula is C13H10ClF3N2O. The lowest BCUT2D eigenvalue weighted by Gasteiger charge is -2.11. The summed E-state index contributed by atoms with van der Waals surface area (Å²) in [4.78, 5) is 0. The monoisotopic (exact) mass is 302 g/mol. The first-order chi connectivity index (χ1) is 9.40. The molecule has 20 heavy (non-hydrogen) atoms. The van der Waals surface area contributed by atoms with Crippen molar-refractivity contribution in [1.29, 1.82) is 0 Å². The molecule has 2 rings (SSSR count). The third kappa shape index (κ3) is 3.34. The number of rotatable bonds is 3. The van der Waals surface area contributed by atoms with Crippen molar-refractivity contribution >= 4 is 17.3 Å². The van der Waals surface area contributed by atoms with Crippen LogP contribution >= 0.6 is 11.6 Å². The van der Waals surface area contributed by atoms with E-state index in [0.717, 1.165) is 12.1 Å². The molecule has 0 aliphatic rings. The van der Waals surface area contributed by atoms with Crippen LogP contribution in [0, 0.1) is 0 Å². The van der Waals surface area contributed by atoms with Gasteiger partial charge in [0.2, 0.25) is 0 Å². The summed E-state index contributed by atoms with van der Waals surface area (Å²) in [7, 11) is 0. The summed E-state index contributed by atoms with van der Waals surface area (Å²) in [5, 5.41) is -0.120. The first-order valence-electron chi connectivity index (χ1n) is 5.51. The lowest BCUT2D eigenvalue weighted by Crippen LogP contribution is -2.06. The molecule has 0 heterocycles. The second-order valence-corrected chi connectivity index (χ2v) is 4.32. The first kappa shape index (κ1) is 14.5. The molecule has 0 atom stereocenters. The maximum absolute atomic E-state index is 12.5. The smallest absolute Gasteiger partial charge is 0.416 e. The van der Waals surface area contributed by atoms with Crippen molar-refractivity contribution in [1.82, 2.24) is 0 Å². The number of hydrogen-bond acceptors (Lipinski definition) is 3. The molecule has 3 nitrogen and oxygen atoms in total. The van der Waals surface area contributed by atoms with Crippen LogP contribution in [0.5, 0.6) is 11.5 Å². The van der Waals surface area contributed by atoms with Gasteiger partial charge in [-0.1, -0.05) is 17.7 Å². The van der Waals surface area contributed by atoms with E-state index >= 15 is 0 Å². The summed E-state index contributed by atoms with van der Waals surface area (Å²) >= 11 is 5.79. The summed E-state index contributed by atoms with van der Waals surface area (Å²) < 4.78 is 42.9. The Morgan fingerprint density at radius 3 is 2.45 bits per heavy atom. The van der Waals surface area contributed by atoms with Crippen molar-refractivity contribution in [2.75, 3.05) is 5.43 Å². The van der Waals surface area contributed by atoms with Gasteiger partial charge < -0.3 is 10.2 Å². The Kier molecular flexibility index (Phi) is 4.06. The zero-order valence-corrected chi connectivity index (χ0v) is 10.8. The molecule has 0 aromatic heterocycles. The highest BCUT2D eigenvalue weighted by molar-refractivity contribution is 6.32. The third-order valence-electron chi connectivity index (χ3n) is 2.49. The van der Waals surface area contributed by atoms with Crippen molar-refractivity contribution in [2.24, 2.45) is 5.84 Å². The topological polar surface area (TPSA) is 47.3 Å². The zero-order chi connectivity index (χ0) is 14.8. The van der Waals surface area contributed by atoms with Gasteiger partial charge >= 0.3 is 6.18 Å². The highest BCUT2D eigenvalue weighted by atomic mass is 35.5. The first-order valence-corrected chi connectivity index (χ1v) is 5.89. The Morgan fingerprint density at radius 2 is 1.85 bits per heavy atom. The summed E-state index contributed by atoms with van der Waals surface area (Å²) in [5.41, 5.74) is 2.21. The van der Waals surface area contributed by atoms with Crippen LogP contribution in [0.4, 0.5) is 18.9 Å². The van der Waals surface area contributed by atoms with E-state index in [4.69, 9.17) is 22.2 Å². The molecule has 3 N–H and O–H groups in total. The van der Waals surface area contributed by atoms with Crippen molar-refractivity contribution in [3.63, 3.8) is 0 Å². The van der Waals surface area contributed by atoms with Crippen LogP contribution in [-0.2, 0) is 6.18 Å². The largest absolute Gasteiger partial charge is 0.456 e. The second kappa shape index (κ2) is 5.60. The normalized spacial score (nSPS) is 11.2. The molecule has 0 fully saturated rings. The van der Waals surface area contributed by atoms with Gasteiger partial charge in [0, 0.05) is 6.07 Å². The van der Waals surface area contributed by atoms with Gasteiger partial charge in [-0.05, 0) is 30.3 Å². The molecule has 0 spiro atoms. The Morgan fingerprint density at radius 1 is 1.10 bits per heavy atom. The molecule has 0 amide bonds. The van der Waals surface area contributed by atoms with Crippen LogP contribution in [0.3, 0.4) is 0 Å². The number of benzene rings is 2. The zero-order valence-electron chi connectivity index (χ0n) is 10.0. The molecule has 0 radical (unpaired) electrons. The number of alkyl halides is 3. The minimum Gasteiger partial charge on any atom is -0.456 e. The lowest BCUT2D eigenvalue weighted by atomic mass is 10.2. The van der Waals surface area contributed by atoms with Gasteiger partial charge in [-0.2, -0.15) is 13.2 Å². The molecule has 0 saturated carbocycles. The number of ether oxygens (including phenoxy) is 1. The maximum Gasteiger partial charge on any atom is 0.416 e. The van der Waals surface area contributed by atoms with Crippen LogP contribution in [-0.4, -0.2) is 0 Å². The predicted octanol–water partition coefficient (Wildman–Crippen LogP) is 4.44. The Hall–Kier alpha value is -1.92. The van der Waals surface area contributed by atoms with E-state index in [9.17, 15) is 13.2 Å². The van der Waals surface area contributed by atoms with Crippen molar-refractivity contribution in [3.05, 3.63) is 53.1 Å². The van der Waals surface area contributed by atoms with Crippen molar-refractivity contribution in [2.45, 2.75) is 6.18 Å². The summed E-state index contributed by atoms with van der Waals surface area (Å²) in [5.74, 6) is 5.79. The molecule has 0 aliphatic carbocycles. The molecule has 2 aromatic carbocycles. The van der Waals surface area contributed by atoms with Crippen LogP contribution in [0.25, 0.3) is 0 Å². The van der Waals surface area contributed by atoms with Gasteiger partial charge in [-0.3, -0.25) is 5.84 Å². The van der Waals surface area contributed by atoms with Crippen molar-refractivity contribution in [3.8, 4) is 11.5 Å². The van der Waals surface area contributed by atoms with Gasteiger partial charge in [0.25, 0.3) is 0 Å². The predicted molar refractivity (Wildman–Crippen MR) is 70.8 cm³/mol. The third-order valence-corrected chi connectivity index (χ3v) is 2.78. The molecule has 0 bridgehead atoms. The molecule has 7 heteroatoms. The maximum atomic E-state index is 12.5. The number of nitrogens with one attached hydrogen (secondary N) is 1. The molecule has 2 aromatic rings. The van der Waals surface area contributed by atoms with E-state index in [-0.39, 0.29) is 10.8 Å². The van der Waals surface area contributed by atoms with Crippen LogP contribution < -0.4 is 16.0 Å². The number of anilines is 1. The SMILES string of the molecule is NNc1cccc(Oc2ccc(C(F)(F)F)cc2Cl)c1. The molecule has 106 valence electrons. The fourth-order valence-corrected chi connectivity index (χ4v) is 1.76. The van der Waals surface area contributed by atoms with E-state index in [0.29, 0.717) is 11.4 Å². The van der Waals surface area contributed by atoms with Gasteiger partial charge in [-0.25, -0.2) is 0 Å². The van der Waals surface area contributed by atoms with E-state index in [1.807, 2.05) is 0 Å². The minimum absolute atomic E-state index is 0.120. The highest BCUT2D eigenvalue weighted by Crippen LogP contribution is 2.36. The second-order valence-electron chi connectivity index (χ2n) is 3.92. The van der Waals surface area contributed by atoms with Crippen molar-refractivity contribution < 1.29 is 17.9 Å². The van der Waals surface area contributed by atoms with E-state index in [1.54, 1.807) is 24.3 Å². The van der Waals surface area contributed by atoms with Gasteiger partial charge in [0.05, 0.1) is 16.3 Å². The van der Waals surface area contributed by atoms with Crippen LogP contribution in [0.2, 0.25) is 5.02 Å². The average molecular weight is 303 g/mol. The summed E-state index contributed by atoms with van der Waals surface area (Å²) in [6.07, 6.45) is -4.44. The molecular weight excluding hydrogens is 293 g/mol. The number of hydrazine groups is 1. The lowest BCUT2D eigenvalue weighted by molar-refractivity contribution is -0.137. The fourth-order valence-electron chi connectivity index (χ4n) is 1.54. The average Bonchev–Trinajstić information content (AvgIpc) is 2.40. The van der Waals surface area contributed by atoms with Crippen LogP contribution in [0.1, 0.15) is 5.56 Å². The van der Waals surface area contributed by atoms with Crippen LogP contribution in [0.15, 0.2) is 42.5 Å². The van der Waals surface area contributed by atoms with Gasteiger partial charge in [0.15, 0.2) is 0 Å². The quantitative estimate of drug-likeness (QED) is 0.651. The van der Waals surface area contributed by atoms with E-state index in [1.165, 1.54) is 6.07 Å². The Labute approximate surface area is 118 Å². The number of halogens is 4. The molecule has 0 unspecified atom stereocenters. The standard InChI is InChI=1S/C13H10ClF3N2O/c14-11-6-8(13(15,16)17)4-5-12(11)20-10-3-1-2-9(7-10)19-18/h1-7,19H,18H2. The molecule has 0 saturated heterocycles. The summed E-state index contributed by atoms with van der Waals surface area (Å²) in [6, 6.07) is 9.52.